The Morgan fingerprint density at radius 1 is 0.938 bits per heavy atom. The maximum atomic E-state index is 12.7. The van der Waals surface area contributed by atoms with E-state index in [9.17, 15) is 9.59 Å². The lowest BCUT2D eigenvalue weighted by atomic mass is 10.1. The number of anilines is 2. The highest BCUT2D eigenvalue weighted by atomic mass is 32.1. The molecule has 2 N–H and O–H groups in total. The Kier molecular flexibility index (Phi) is 8.62. The predicted molar refractivity (Wildman–Crippen MR) is 134 cm³/mol. The second-order valence-corrected chi connectivity index (χ2v) is 8.56. The van der Waals surface area contributed by atoms with Crippen molar-refractivity contribution >= 4 is 40.5 Å². The van der Waals surface area contributed by atoms with Crippen molar-refractivity contribution in [2.45, 2.75) is 39.5 Å². The van der Waals surface area contributed by atoms with E-state index in [1.165, 1.54) is 0 Å². The third-order valence-corrected chi connectivity index (χ3v) is 5.82. The van der Waals surface area contributed by atoms with Crippen molar-refractivity contribution in [3.8, 4) is 0 Å². The molecule has 2 aromatic rings. The number of carbonyl (C=O) groups is 2. The zero-order chi connectivity index (χ0) is 22.9. The Morgan fingerprint density at radius 3 is 2.22 bits per heavy atom. The fourth-order valence-electron chi connectivity index (χ4n) is 3.69. The molecule has 0 radical (unpaired) electrons. The first-order valence-electron chi connectivity index (χ1n) is 11.3. The highest BCUT2D eigenvalue weighted by Crippen LogP contribution is 2.20. The van der Waals surface area contributed by atoms with Gasteiger partial charge in [0.05, 0.1) is 0 Å². The van der Waals surface area contributed by atoms with E-state index in [2.05, 4.69) is 22.5 Å². The van der Waals surface area contributed by atoms with E-state index in [0.717, 1.165) is 54.9 Å². The highest BCUT2D eigenvalue weighted by molar-refractivity contribution is 7.80. The molecule has 0 aromatic heterocycles. The molecule has 0 bridgehead atoms. The molecule has 32 heavy (non-hydrogen) atoms. The first kappa shape index (κ1) is 23.7. The minimum absolute atomic E-state index is 0.0503. The number of nitrogens with zero attached hydrogens (tertiary/aromatic N) is 2. The summed E-state index contributed by atoms with van der Waals surface area (Å²) in [5.74, 6) is 0.0417. The van der Waals surface area contributed by atoms with Crippen LogP contribution in [0.25, 0.3) is 0 Å². The number of piperazine rings is 1. The zero-order valence-corrected chi connectivity index (χ0v) is 19.7. The van der Waals surface area contributed by atoms with Gasteiger partial charge in [-0.05, 0) is 62.0 Å². The number of carbonyl (C=O) groups excluding carboxylic acids is 2. The van der Waals surface area contributed by atoms with Gasteiger partial charge < -0.3 is 20.4 Å². The fraction of sp³-hybridized carbons (Fsp3) is 0.400. The number of amides is 2. The van der Waals surface area contributed by atoms with Crippen molar-refractivity contribution in [2.75, 3.05) is 36.4 Å². The van der Waals surface area contributed by atoms with E-state index in [-0.39, 0.29) is 11.8 Å². The molecule has 7 heteroatoms. The molecule has 2 amide bonds. The van der Waals surface area contributed by atoms with Crippen molar-refractivity contribution in [1.29, 1.82) is 0 Å². The van der Waals surface area contributed by atoms with E-state index in [0.29, 0.717) is 24.6 Å². The molecule has 1 heterocycles. The third kappa shape index (κ3) is 6.79. The topological polar surface area (TPSA) is 64.7 Å². The van der Waals surface area contributed by atoms with E-state index in [4.69, 9.17) is 12.2 Å². The van der Waals surface area contributed by atoms with Crippen LogP contribution < -0.4 is 15.5 Å². The molecule has 2 aromatic carbocycles. The number of hydrogen-bond donors (Lipinski definition) is 2. The molecular weight excluding hydrogens is 420 g/mol. The standard InChI is InChI=1S/C25H32N4O2S/c1-3-4-5-6-23(30)27-25(32)26-21-11-13-22(14-12-21)28-15-17-29(18-16-28)24(31)20-9-7-19(2)8-10-20/h7-14H,3-6,15-18H2,1-2H3,(H2,26,27,30,32). The maximum absolute atomic E-state index is 12.7. The van der Waals surface area contributed by atoms with Gasteiger partial charge in [-0.15, -0.1) is 0 Å². The summed E-state index contributed by atoms with van der Waals surface area (Å²) >= 11 is 5.24. The van der Waals surface area contributed by atoms with Crippen molar-refractivity contribution in [3.63, 3.8) is 0 Å². The summed E-state index contributed by atoms with van der Waals surface area (Å²) in [6.45, 7) is 7.10. The van der Waals surface area contributed by atoms with Crippen molar-refractivity contribution < 1.29 is 9.59 Å². The van der Waals surface area contributed by atoms with Crippen molar-refractivity contribution in [2.24, 2.45) is 0 Å². The van der Waals surface area contributed by atoms with Crippen LogP contribution in [0.2, 0.25) is 0 Å². The average Bonchev–Trinajstić information content (AvgIpc) is 2.80. The second-order valence-electron chi connectivity index (χ2n) is 8.15. The average molecular weight is 453 g/mol. The molecule has 1 aliphatic heterocycles. The van der Waals surface area contributed by atoms with Gasteiger partial charge in [0.2, 0.25) is 5.91 Å². The van der Waals surface area contributed by atoms with Crippen molar-refractivity contribution in [3.05, 3.63) is 59.7 Å². The van der Waals surface area contributed by atoms with Crippen molar-refractivity contribution in [1.82, 2.24) is 10.2 Å². The Hall–Kier alpha value is -2.93. The molecule has 0 aliphatic carbocycles. The summed E-state index contributed by atoms with van der Waals surface area (Å²) in [6.07, 6.45) is 3.50. The van der Waals surface area contributed by atoms with E-state index in [1.807, 2.05) is 60.4 Å². The number of benzene rings is 2. The molecule has 3 rings (SSSR count). The van der Waals surface area contributed by atoms with E-state index in [1.54, 1.807) is 0 Å². The van der Waals surface area contributed by atoms with Crippen LogP contribution in [0.5, 0.6) is 0 Å². The van der Waals surface area contributed by atoms with Gasteiger partial charge in [0, 0.05) is 49.5 Å². The van der Waals surface area contributed by atoms with Gasteiger partial charge in [-0.25, -0.2) is 0 Å². The van der Waals surface area contributed by atoms with Crippen LogP contribution in [-0.4, -0.2) is 48.0 Å². The van der Waals surface area contributed by atoms with Gasteiger partial charge in [0.25, 0.3) is 5.91 Å². The number of rotatable bonds is 7. The summed E-state index contributed by atoms with van der Waals surface area (Å²) in [4.78, 5) is 28.8. The van der Waals surface area contributed by atoms with Gasteiger partial charge in [0.1, 0.15) is 0 Å². The molecule has 6 nitrogen and oxygen atoms in total. The van der Waals surface area contributed by atoms with Crippen LogP contribution in [0.3, 0.4) is 0 Å². The van der Waals surface area contributed by atoms with Gasteiger partial charge in [0.15, 0.2) is 5.11 Å². The lowest BCUT2D eigenvalue weighted by Crippen LogP contribution is -2.48. The first-order valence-corrected chi connectivity index (χ1v) is 11.7. The van der Waals surface area contributed by atoms with Crippen LogP contribution in [0.15, 0.2) is 48.5 Å². The molecule has 1 saturated heterocycles. The van der Waals surface area contributed by atoms with Gasteiger partial charge in [-0.1, -0.05) is 37.5 Å². The minimum atomic E-state index is -0.0503. The summed E-state index contributed by atoms with van der Waals surface area (Å²) in [7, 11) is 0. The SMILES string of the molecule is CCCCCC(=O)NC(=S)Nc1ccc(N2CCN(C(=O)c3ccc(C)cc3)CC2)cc1. The second kappa shape index (κ2) is 11.6. The van der Waals surface area contributed by atoms with E-state index < -0.39 is 0 Å². The number of thiocarbonyl (C=S) groups is 1. The quantitative estimate of drug-likeness (QED) is 0.483. The predicted octanol–water partition coefficient (Wildman–Crippen LogP) is 4.35. The summed E-state index contributed by atoms with van der Waals surface area (Å²) < 4.78 is 0. The summed E-state index contributed by atoms with van der Waals surface area (Å²) in [5, 5.41) is 6.12. The molecule has 0 saturated carbocycles. The monoisotopic (exact) mass is 452 g/mol. The number of nitrogens with one attached hydrogen (secondary N) is 2. The minimum Gasteiger partial charge on any atom is -0.368 e. The summed E-state index contributed by atoms with van der Waals surface area (Å²) in [5.41, 5.74) is 3.83. The van der Waals surface area contributed by atoms with Crippen LogP contribution in [-0.2, 0) is 4.79 Å². The van der Waals surface area contributed by atoms with Gasteiger partial charge in [-0.3, -0.25) is 9.59 Å². The highest BCUT2D eigenvalue weighted by Gasteiger charge is 2.22. The fourth-order valence-corrected chi connectivity index (χ4v) is 3.92. The van der Waals surface area contributed by atoms with Gasteiger partial charge in [-0.2, -0.15) is 0 Å². The molecular formula is C25H32N4O2S. The van der Waals surface area contributed by atoms with Crippen LogP contribution in [0.1, 0.15) is 48.5 Å². The largest absolute Gasteiger partial charge is 0.368 e. The van der Waals surface area contributed by atoms with E-state index >= 15 is 0 Å². The Morgan fingerprint density at radius 2 is 1.59 bits per heavy atom. The Labute approximate surface area is 196 Å². The van der Waals surface area contributed by atoms with Crippen LogP contribution in [0, 0.1) is 6.92 Å². The van der Waals surface area contributed by atoms with Crippen LogP contribution >= 0.6 is 12.2 Å². The molecule has 0 unspecified atom stereocenters. The first-order chi connectivity index (χ1) is 15.5. The lowest BCUT2D eigenvalue weighted by Gasteiger charge is -2.36. The maximum Gasteiger partial charge on any atom is 0.253 e. The Bertz CT molecular complexity index is 920. The molecule has 0 atom stereocenters. The number of aryl methyl sites for hydroxylation is 1. The normalized spacial score (nSPS) is 13.6. The molecule has 1 fully saturated rings. The van der Waals surface area contributed by atoms with Crippen LogP contribution in [0.4, 0.5) is 11.4 Å². The summed E-state index contributed by atoms with van der Waals surface area (Å²) in [6, 6.07) is 15.7. The smallest absolute Gasteiger partial charge is 0.253 e. The molecule has 0 spiro atoms. The number of hydrogen-bond acceptors (Lipinski definition) is 4. The molecule has 170 valence electrons. The third-order valence-electron chi connectivity index (χ3n) is 5.62. The van der Waals surface area contributed by atoms with Gasteiger partial charge >= 0.3 is 0 Å². The lowest BCUT2D eigenvalue weighted by molar-refractivity contribution is -0.119. The molecule has 1 aliphatic rings. The number of unbranched alkanes of at least 4 members (excludes halogenated alkanes) is 2. The Balaban J connectivity index is 1.46. The zero-order valence-electron chi connectivity index (χ0n) is 18.9.